The second-order valence-electron chi connectivity index (χ2n) is 6.64. The van der Waals surface area contributed by atoms with Crippen molar-refractivity contribution in [2.24, 2.45) is 17.8 Å². The van der Waals surface area contributed by atoms with Gasteiger partial charge in [0.1, 0.15) is 12.2 Å². The molecule has 0 aliphatic heterocycles. The van der Waals surface area contributed by atoms with Gasteiger partial charge in [-0.1, -0.05) is 0 Å². The first-order chi connectivity index (χ1) is 8.29. The molecule has 1 aromatic rings. The predicted molar refractivity (Wildman–Crippen MR) is 65.5 cm³/mol. The molecule has 4 bridgehead atoms. The summed E-state index contributed by atoms with van der Waals surface area (Å²) in [7, 11) is 0. The van der Waals surface area contributed by atoms with Crippen LogP contribution in [0.15, 0.2) is 6.33 Å². The monoisotopic (exact) mass is 231 g/mol. The summed E-state index contributed by atoms with van der Waals surface area (Å²) >= 11 is 0. The molecule has 3 nitrogen and oxygen atoms in total. The maximum atomic E-state index is 4.49. The van der Waals surface area contributed by atoms with Crippen LogP contribution in [-0.4, -0.2) is 14.8 Å². The summed E-state index contributed by atoms with van der Waals surface area (Å²) in [5.41, 5.74) is 0.404. The Kier molecular flexibility index (Phi) is 1.98. The fourth-order valence-electron chi connectivity index (χ4n) is 5.28. The van der Waals surface area contributed by atoms with E-state index in [1.165, 1.54) is 44.3 Å². The fourth-order valence-corrected chi connectivity index (χ4v) is 5.28. The Labute approximate surface area is 103 Å². The van der Waals surface area contributed by atoms with Crippen molar-refractivity contribution in [2.75, 3.05) is 0 Å². The van der Waals surface area contributed by atoms with Crippen molar-refractivity contribution in [3.63, 3.8) is 0 Å². The molecule has 0 amide bonds. The summed E-state index contributed by atoms with van der Waals surface area (Å²) in [6.07, 6.45) is 10.6. The van der Waals surface area contributed by atoms with Gasteiger partial charge >= 0.3 is 0 Å². The lowest BCUT2D eigenvalue weighted by molar-refractivity contribution is -0.0111. The third kappa shape index (κ3) is 1.34. The molecule has 0 N–H and O–H groups in total. The quantitative estimate of drug-likeness (QED) is 0.783. The minimum absolute atomic E-state index is 0.404. The Hall–Kier alpha value is -0.860. The molecule has 0 aromatic carbocycles. The zero-order valence-electron chi connectivity index (χ0n) is 10.6. The van der Waals surface area contributed by atoms with Crippen molar-refractivity contribution >= 4 is 0 Å². The van der Waals surface area contributed by atoms with Crippen LogP contribution in [-0.2, 0) is 12.0 Å². The molecule has 0 atom stereocenters. The van der Waals surface area contributed by atoms with Crippen LogP contribution in [0.4, 0.5) is 0 Å². The molecule has 17 heavy (non-hydrogen) atoms. The molecule has 1 heterocycles. The van der Waals surface area contributed by atoms with E-state index in [1.54, 1.807) is 0 Å². The molecule has 1 aromatic heterocycles. The summed E-state index contributed by atoms with van der Waals surface area (Å²) in [6.45, 7) is 3.22. The highest BCUT2D eigenvalue weighted by molar-refractivity contribution is 5.17. The minimum Gasteiger partial charge on any atom is -0.317 e. The van der Waals surface area contributed by atoms with Crippen LogP contribution in [0.25, 0.3) is 0 Å². The number of nitrogens with zero attached hydrogens (tertiary/aromatic N) is 3. The second kappa shape index (κ2) is 3.33. The first-order valence-corrected chi connectivity index (χ1v) is 7.17. The van der Waals surface area contributed by atoms with Crippen LogP contribution < -0.4 is 0 Å². The number of aryl methyl sites for hydroxylation is 1. The zero-order valence-corrected chi connectivity index (χ0v) is 10.6. The van der Waals surface area contributed by atoms with Crippen molar-refractivity contribution in [1.82, 2.24) is 14.8 Å². The van der Waals surface area contributed by atoms with E-state index in [0.29, 0.717) is 5.41 Å². The van der Waals surface area contributed by atoms with Crippen molar-refractivity contribution < 1.29 is 0 Å². The number of rotatable bonds is 2. The van der Waals surface area contributed by atoms with Crippen molar-refractivity contribution in [2.45, 2.75) is 57.4 Å². The molecule has 3 heteroatoms. The van der Waals surface area contributed by atoms with Gasteiger partial charge < -0.3 is 4.57 Å². The smallest absolute Gasteiger partial charge is 0.139 e. The lowest BCUT2D eigenvalue weighted by Gasteiger charge is -2.56. The molecular weight excluding hydrogens is 210 g/mol. The van der Waals surface area contributed by atoms with Gasteiger partial charge in [-0.15, -0.1) is 10.2 Å². The van der Waals surface area contributed by atoms with Gasteiger partial charge in [0.05, 0.1) is 0 Å². The van der Waals surface area contributed by atoms with E-state index in [4.69, 9.17) is 0 Å². The van der Waals surface area contributed by atoms with Crippen LogP contribution >= 0.6 is 0 Å². The molecule has 4 fully saturated rings. The summed E-state index contributed by atoms with van der Waals surface area (Å²) in [5, 5.41) is 8.65. The van der Waals surface area contributed by atoms with Gasteiger partial charge in [-0.2, -0.15) is 0 Å². The number of aromatic nitrogens is 3. The Morgan fingerprint density at radius 3 is 2.29 bits per heavy atom. The molecule has 0 spiro atoms. The molecule has 4 aliphatic rings. The van der Waals surface area contributed by atoms with Crippen LogP contribution in [0.3, 0.4) is 0 Å². The third-order valence-corrected chi connectivity index (χ3v) is 5.47. The number of hydrogen-bond acceptors (Lipinski definition) is 2. The molecular formula is C14H21N3. The SMILES string of the molecule is CCn1cnnc1C12CC3CC(CC(C3)C1)C2. The molecule has 4 saturated carbocycles. The average Bonchev–Trinajstić information content (AvgIpc) is 2.75. The van der Waals surface area contributed by atoms with E-state index < -0.39 is 0 Å². The minimum atomic E-state index is 0.404. The zero-order chi connectivity index (χ0) is 11.5. The van der Waals surface area contributed by atoms with Gasteiger partial charge in [0.25, 0.3) is 0 Å². The average molecular weight is 231 g/mol. The normalized spacial score (nSPS) is 43.2. The molecule has 0 unspecified atom stereocenters. The summed E-state index contributed by atoms with van der Waals surface area (Å²) < 4.78 is 2.28. The Balaban J connectivity index is 1.77. The van der Waals surface area contributed by atoms with Gasteiger partial charge in [-0.25, -0.2) is 0 Å². The maximum Gasteiger partial charge on any atom is 0.139 e. The summed E-state index contributed by atoms with van der Waals surface area (Å²) in [5.74, 6) is 4.27. The Morgan fingerprint density at radius 1 is 1.18 bits per heavy atom. The largest absolute Gasteiger partial charge is 0.317 e. The highest BCUT2D eigenvalue weighted by Gasteiger charge is 2.53. The van der Waals surface area contributed by atoms with Gasteiger partial charge in [0, 0.05) is 12.0 Å². The highest BCUT2D eigenvalue weighted by Crippen LogP contribution is 2.60. The Morgan fingerprint density at radius 2 is 1.76 bits per heavy atom. The lowest BCUT2D eigenvalue weighted by Crippen LogP contribution is -2.49. The summed E-state index contributed by atoms with van der Waals surface area (Å²) in [6, 6.07) is 0. The maximum absolute atomic E-state index is 4.49. The second-order valence-corrected chi connectivity index (χ2v) is 6.64. The van der Waals surface area contributed by atoms with Crippen LogP contribution in [0.5, 0.6) is 0 Å². The summed E-state index contributed by atoms with van der Waals surface area (Å²) in [4.78, 5) is 0. The fraction of sp³-hybridized carbons (Fsp3) is 0.857. The van der Waals surface area contributed by atoms with E-state index >= 15 is 0 Å². The molecule has 5 rings (SSSR count). The first kappa shape index (κ1) is 10.1. The van der Waals surface area contributed by atoms with Gasteiger partial charge in [0.2, 0.25) is 0 Å². The molecule has 4 aliphatic carbocycles. The van der Waals surface area contributed by atoms with E-state index in [-0.39, 0.29) is 0 Å². The van der Waals surface area contributed by atoms with Gasteiger partial charge in [-0.3, -0.25) is 0 Å². The van der Waals surface area contributed by atoms with E-state index in [1.807, 2.05) is 6.33 Å². The van der Waals surface area contributed by atoms with Crippen LogP contribution in [0, 0.1) is 17.8 Å². The van der Waals surface area contributed by atoms with Crippen LogP contribution in [0.2, 0.25) is 0 Å². The highest BCUT2D eigenvalue weighted by atomic mass is 15.3. The molecule has 92 valence electrons. The van der Waals surface area contributed by atoms with Gasteiger partial charge in [-0.05, 0) is 63.2 Å². The Bertz CT molecular complexity index is 399. The van der Waals surface area contributed by atoms with Crippen molar-refractivity contribution in [3.8, 4) is 0 Å². The first-order valence-electron chi connectivity index (χ1n) is 7.17. The molecule has 0 radical (unpaired) electrons. The van der Waals surface area contributed by atoms with Crippen molar-refractivity contribution in [1.29, 1.82) is 0 Å². The van der Waals surface area contributed by atoms with E-state index in [9.17, 15) is 0 Å². The van der Waals surface area contributed by atoms with E-state index in [2.05, 4.69) is 21.7 Å². The predicted octanol–water partition coefficient (Wildman–Crippen LogP) is 2.77. The number of hydrogen-bond donors (Lipinski definition) is 0. The van der Waals surface area contributed by atoms with E-state index in [0.717, 1.165) is 24.3 Å². The topological polar surface area (TPSA) is 30.7 Å². The van der Waals surface area contributed by atoms with Gasteiger partial charge in [0.15, 0.2) is 0 Å². The standard InChI is InChI=1S/C14H21N3/c1-2-17-9-15-16-13(17)14-6-10-3-11(7-14)5-12(4-10)8-14/h9-12H,2-8H2,1H3. The third-order valence-electron chi connectivity index (χ3n) is 5.47. The van der Waals surface area contributed by atoms with Crippen LogP contribution in [0.1, 0.15) is 51.3 Å². The molecule has 0 saturated heterocycles. The van der Waals surface area contributed by atoms with Crippen molar-refractivity contribution in [3.05, 3.63) is 12.2 Å². The lowest BCUT2D eigenvalue weighted by atomic mass is 9.49.